The predicted molar refractivity (Wildman–Crippen MR) is 84.8 cm³/mol. The largest absolute Gasteiger partial charge is 0.363 e. The van der Waals surface area contributed by atoms with E-state index in [-0.39, 0.29) is 6.04 Å². The molecule has 1 atom stereocenters. The average Bonchev–Trinajstić information content (AvgIpc) is 2.47. The molecule has 20 heavy (non-hydrogen) atoms. The number of hydrogen-bond donors (Lipinski definition) is 3. The van der Waals surface area contributed by atoms with Gasteiger partial charge in [-0.25, -0.2) is 15.8 Å². The number of hydrogen-bond acceptors (Lipinski definition) is 6. The van der Waals surface area contributed by atoms with E-state index in [0.717, 1.165) is 5.82 Å². The van der Waals surface area contributed by atoms with Crippen LogP contribution < -0.4 is 16.6 Å². The summed E-state index contributed by atoms with van der Waals surface area (Å²) in [5.74, 6) is 6.78. The molecule has 0 saturated heterocycles. The standard InChI is InChI=1S/C14H19N5S/c1-9-4-6-11(7-5-9)10(2)16-12-8-13(19-15)18-14(17-12)20-3/h4-8,10H,15H2,1-3H3,(H2,16,17,18,19). The highest BCUT2D eigenvalue weighted by molar-refractivity contribution is 7.98. The van der Waals surface area contributed by atoms with Gasteiger partial charge in [0, 0.05) is 12.1 Å². The summed E-state index contributed by atoms with van der Waals surface area (Å²) in [5.41, 5.74) is 5.02. The van der Waals surface area contributed by atoms with Gasteiger partial charge in [-0.2, -0.15) is 0 Å². The molecule has 0 fully saturated rings. The van der Waals surface area contributed by atoms with Gasteiger partial charge in [0.05, 0.1) is 0 Å². The normalized spacial score (nSPS) is 12.0. The molecule has 0 aliphatic heterocycles. The van der Waals surface area contributed by atoms with Crippen molar-refractivity contribution in [2.45, 2.75) is 25.0 Å². The number of aryl methyl sites for hydroxylation is 1. The Morgan fingerprint density at radius 1 is 1.15 bits per heavy atom. The van der Waals surface area contributed by atoms with Gasteiger partial charge in [-0.15, -0.1) is 0 Å². The molecular formula is C14H19N5S. The van der Waals surface area contributed by atoms with Gasteiger partial charge < -0.3 is 10.7 Å². The van der Waals surface area contributed by atoms with Crippen molar-refractivity contribution >= 4 is 23.4 Å². The molecule has 1 aromatic heterocycles. The lowest BCUT2D eigenvalue weighted by Crippen LogP contribution is -2.12. The summed E-state index contributed by atoms with van der Waals surface area (Å²) in [6, 6.07) is 10.4. The van der Waals surface area contributed by atoms with Gasteiger partial charge in [-0.1, -0.05) is 41.6 Å². The third-order valence-corrected chi connectivity index (χ3v) is 3.53. The quantitative estimate of drug-likeness (QED) is 0.340. The molecule has 0 radical (unpaired) electrons. The van der Waals surface area contributed by atoms with Gasteiger partial charge in [-0.05, 0) is 25.7 Å². The molecular weight excluding hydrogens is 270 g/mol. The Kier molecular flexibility index (Phi) is 4.81. The monoisotopic (exact) mass is 289 g/mol. The van der Waals surface area contributed by atoms with Crippen molar-refractivity contribution in [1.82, 2.24) is 9.97 Å². The lowest BCUT2D eigenvalue weighted by Gasteiger charge is -2.16. The zero-order valence-electron chi connectivity index (χ0n) is 11.8. The Morgan fingerprint density at radius 3 is 2.40 bits per heavy atom. The van der Waals surface area contributed by atoms with E-state index >= 15 is 0 Å². The van der Waals surface area contributed by atoms with Gasteiger partial charge >= 0.3 is 0 Å². The fourth-order valence-corrected chi connectivity index (χ4v) is 2.20. The van der Waals surface area contributed by atoms with E-state index in [2.05, 4.69) is 58.8 Å². The van der Waals surface area contributed by atoms with Gasteiger partial charge in [0.15, 0.2) is 5.16 Å². The van der Waals surface area contributed by atoms with Crippen molar-refractivity contribution in [2.24, 2.45) is 5.84 Å². The molecule has 2 rings (SSSR count). The van der Waals surface area contributed by atoms with Crippen LogP contribution in [-0.4, -0.2) is 16.2 Å². The van der Waals surface area contributed by atoms with E-state index < -0.39 is 0 Å². The third kappa shape index (κ3) is 3.61. The SMILES string of the molecule is CSc1nc(NN)cc(NC(C)c2ccc(C)cc2)n1. The van der Waals surface area contributed by atoms with E-state index in [9.17, 15) is 0 Å². The first-order valence-corrected chi connectivity index (χ1v) is 7.57. The summed E-state index contributed by atoms with van der Waals surface area (Å²) in [4.78, 5) is 8.67. The number of rotatable bonds is 5. The highest BCUT2D eigenvalue weighted by Gasteiger charge is 2.08. The van der Waals surface area contributed by atoms with Crippen molar-refractivity contribution in [3.05, 3.63) is 41.5 Å². The fourth-order valence-electron chi connectivity index (χ4n) is 1.82. The van der Waals surface area contributed by atoms with Gasteiger partial charge in [0.1, 0.15) is 11.6 Å². The minimum Gasteiger partial charge on any atom is -0.363 e. The Balaban J connectivity index is 2.18. The first kappa shape index (κ1) is 14.6. The van der Waals surface area contributed by atoms with E-state index in [4.69, 9.17) is 5.84 Å². The number of nitrogens with zero attached hydrogens (tertiary/aromatic N) is 2. The summed E-state index contributed by atoms with van der Waals surface area (Å²) < 4.78 is 0. The molecule has 0 saturated carbocycles. The van der Waals surface area contributed by atoms with Crippen LogP contribution in [0.3, 0.4) is 0 Å². The summed E-state index contributed by atoms with van der Waals surface area (Å²) in [6.07, 6.45) is 1.93. The van der Waals surface area contributed by atoms with Crippen molar-refractivity contribution in [3.63, 3.8) is 0 Å². The number of benzene rings is 1. The number of aromatic nitrogens is 2. The molecule has 1 heterocycles. The second kappa shape index (κ2) is 6.58. The van der Waals surface area contributed by atoms with Crippen molar-refractivity contribution in [2.75, 3.05) is 17.0 Å². The maximum absolute atomic E-state index is 5.42. The third-order valence-electron chi connectivity index (χ3n) is 2.98. The van der Waals surface area contributed by atoms with Crippen LogP contribution in [0.25, 0.3) is 0 Å². The Morgan fingerprint density at radius 2 is 1.80 bits per heavy atom. The molecule has 4 N–H and O–H groups in total. The van der Waals surface area contributed by atoms with Crippen LogP contribution in [-0.2, 0) is 0 Å². The van der Waals surface area contributed by atoms with Crippen LogP contribution in [0, 0.1) is 6.92 Å². The van der Waals surface area contributed by atoms with E-state index in [1.54, 1.807) is 6.07 Å². The number of hydrazine groups is 1. The van der Waals surface area contributed by atoms with Crippen LogP contribution in [0.5, 0.6) is 0 Å². The molecule has 0 spiro atoms. The maximum atomic E-state index is 5.42. The van der Waals surface area contributed by atoms with Crippen molar-refractivity contribution < 1.29 is 0 Å². The summed E-state index contributed by atoms with van der Waals surface area (Å²) in [5, 5.41) is 4.05. The number of nitrogens with one attached hydrogen (secondary N) is 2. The zero-order valence-corrected chi connectivity index (χ0v) is 12.7. The van der Waals surface area contributed by atoms with Gasteiger partial charge in [0.2, 0.25) is 0 Å². The molecule has 0 bridgehead atoms. The van der Waals surface area contributed by atoms with Gasteiger partial charge in [0.25, 0.3) is 0 Å². The first-order valence-electron chi connectivity index (χ1n) is 6.35. The molecule has 0 aliphatic rings. The Labute approximate surface area is 123 Å². The molecule has 1 aromatic carbocycles. The highest BCUT2D eigenvalue weighted by Crippen LogP contribution is 2.22. The highest BCUT2D eigenvalue weighted by atomic mass is 32.2. The van der Waals surface area contributed by atoms with Crippen LogP contribution >= 0.6 is 11.8 Å². The average molecular weight is 289 g/mol. The van der Waals surface area contributed by atoms with Crippen LogP contribution in [0.15, 0.2) is 35.5 Å². The number of anilines is 2. The Hall–Kier alpha value is -1.79. The molecule has 0 aliphatic carbocycles. The molecule has 6 heteroatoms. The second-order valence-corrected chi connectivity index (χ2v) is 5.32. The van der Waals surface area contributed by atoms with Crippen LogP contribution in [0.2, 0.25) is 0 Å². The molecule has 1 unspecified atom stereocenters. The summed E-state index contributed by atoms with van der Waals surface area (Å²) >= 11 is 1.48. The van der Waals surface area contributed by atoms with Crippen molar-refractivity contribution in [3.8, 4) is 0 Å². The zero-order chi connectivity index (χ0) is 14.5. The minimum absolute atomic E-state index is 0.158. The molecule has 106 valence electrons. The number of thioether (sulfide) groups is 1. The van der Waals surface area contributed by atoms with Gasteiger partial charge in [-0.3, -0.25) is 0 Å². The molecule has 2 aromatic rings. The topological polar surface area (TPSA) is 75.9 Å². The smallest absolute Gasteiger partial charge is 0.191 e. The number of nitrogens with two attached hydrogens (primary N) is 1. The van der Waals surface area contributed by atoms with Crippen LogP contribution in [0.4, 0.5) is 11.6 Å². The molecule has 0 amide bonds. The first-order chi connectivity index (χ1) is 9.62. The van der Waals surface area contributed by atoms with E-state index in [1.807, 2.05) is 6.26 Å². The number of nitrogen functional groups attached to an aromatic ring is 1. The lowest BCUT2D eigenvalue weighted by atomic mass is 10.1. The minimum atomic E-state index is 0.158. The summed E-state index contributed by atoms with van der Waals surface area (Å²) in [6.45, 7) is 4.18. The Bertz CT molecular complexity index is 548. The van der Waals surface area contributed by atoms with E-state index in [1.165, 1.54) is 22.9 Å². The summed E-state index contributed by atoms with van der Waals surface area (Å²) in [7, 11) is 0. The fraction of sp³-hybridized carbons (Fsp3) is 0.286. The van der Waals surface area contributed by atoms with Crippen molar-refractivity contribution in [1.29, 1.82) is 0 Å². The second-order valence-electron chi connectivity index (χ2n) is 4.55. The lowest BCUT2D eigenvalue weighted by molar-refractivity contribution is 0.855. The van der Waals surface area contributed by atoms with Crippen LogP contribution in [0.1, 0.15) is 24.1 Å². The molecule has 5 nitrogen and oxygen atoms in total. The maximum Gasteiger partial charge on any atom is 0.191 e. The van der Waals surface area contributed by atoms with E-state index in [0.29, 0.717) is 11.0 Å². The predicted octanol–water partition coefficient (Wildman–Crippen LogP) is 2.97.